The maximum absolute atomic E-state index is 13.1. The molecule has 1 aromatic carbocycles. The zero-order valence-corrected chi connectivity index (χ0v) is 19.8. The van der Waals surface area contributed by atoms with Crippen LogP contribution in [-0.2, 0) is 22.7 Å². The quantitative estimate of drug-likeness (QED) is 0.640. The average Bonchev–Trinajstić information content (AvgIpc) is 2.78. The number of aromatic nitrogens is 2. The minimum atomic E-state index is -0.811. The molecule has 2 heterocycles. The molecular formula is C23H28FN5O5. The standard InChI is InChI=1S/C23H28FN5O5/c1-23(2)10-11-29-18(17(23)28(5)22(34)21(33)27(3)4)26-15(16(30)20(29)32)19(31)25-12-13-6-8-14(24)9-7-13/h6-9,17,30H,10-12H2,1-5H3,(H,25,31). The molecule has 1 aromatic heterocycles. The van der Waals surface area contributed by atoms with Crippen molar-refractivity contribution < 1.29 is 23.9 Å². The number of nitrogens with zero attached hydrogens (tertiary/aromatic N) is 4. The lowest BCUT2D eigenvalue weighted by molar-refractivity contribution is -0.153. The molecule has 10 nitrogen and oxygen atoms in total. The number of hydrogen-bond donors (Lipinski definition) is 2. The van der Waals surface area contributed by atoms with E-state index in [1.807, 2.05) is 13.8 Å². The second-order valence-corrected chi connectivity index (χ2v) is 9.19. The summed E-state index contributed by atoms with van der Waals surface area (Å²) in [6.45, 7) is 3.99. The number of fused-ring (bicyclic) bond motifs is 1. The zero-order chi connectivity index (χ0) is 25.4. The van der Waals surface area contributed by atoms with Gasteiger partial charge in [-0.2, -0.15) is 0 Å². The summed E-state index contributed by atoms with van der Waals surface area (Å²) in [7, 11) is 4.36. The first-order valence-electron chi connectivity index (χ1n) is 10.7. The molecular weight excluding hydrogens is 445 g/mol. The van der Waals surface area contributed by atoms with Crippen LogP contribution in [0.2, 0.25) is 0 Å². The number of aromatic hydroxyl groups is 1. The van der Waals surface area contributed by atoms with Crippen molar-refractivity contribution in [1.29, 1.82) is 0 Å². The normalized spacial score (nSPS) is 16.4. The van der Waals surface area contributed by atoms with E-state index in [1.54, 1.807) is 0 Å². The fourth-order valence-corrected chi connectivity index (χ4v) is 4.06. The molecule has 1 aliphatic rings. The summed E-state index contributed by atoms with van der Waals surface area (Å²) < 4.78 is 14.3. The van der Waals surface area contributed by atoms with E-state index in [0.29, 0.717) is 12.0 Å². The summed E-state index contributed by atoms with van der Waals surface area (Å²) in [5.74, 6) is -3.46. The first-order valence-corrected chi connectivity index (χ1v) is 10.7. The van der Waals surface area contributed by atoms with Crippen LogP contribution in [0.1, 0.15) is 48.2 Å². The molecule has 1 unspecified atom stereocenters. The molecule has 34 heavy (non-hydrogen) atoms. The molecule has 3 amide bonds. The minimum absolute atomic E-state index is 0.0172. The van der Waals surface area contributed by atoms with E-state index in [-0.39, 0.29) is 18.9 Å². The van der Waals surface area contributed by atoms with Crippen molar-refractivity contribution in [2.24, 2.45) is 5.41 Å². The first kappa shape index (κ1) is 24.9. The molecule has 182 valence electrons. The highest BCUT2D eigenvalue weighted by Gasteiger charge is 2.44. The summed E-state index contributed by atoms with van der Waals surface area (Å²) >= 11 is 0. The van der Waals surface area contributed by atoms with Gasteiger partial charge in [0.2, 0.25) is 5.75 Å². The lowest BCUT2D eigenvalue weighted by atomic mass is 9.77. The molecule has 0 fully saturated rings. The number of nitrogens with one attached hydrogen (secondary N) is 1. The van der Waals surface area contributed by atoms with Gasteiger partial charge in [-0.1, -0.05) is 26.0 Å². The van der Waals surface area contributed by atoms with Gasteiger partial charge >= 0.3 is 11.8 Å². The number of carbonyl (C=O) groups is 3. The van der Waals surface area contributed by atoms with Gasteiger partial charge < -0.3 is 20.2 Å². The van der Waals surface area contributed by atoms with E-state index >= 15 is 0 Å². The summed E-state index contributed by atoms with van der Waals surface area (Å²) in [5, 5.41) is 13.0. The van der Waals surface area contributed by atoms with Gasteiger partial charge in [0, 0.05) is 34.2 Å². The van der Waals surface area contributed by atoms with Crippen LogP contribution in [0.25, 0.3) is 0 Å². The topological polar surface area (TPSA) is 125 Å². The Kier molecular flexibility index (Phi) is 6.76. The van der Waals surface area contributed by atoms with E-state index in [1.165, 1.54) is 54.9 Å². The van der Waals surface area contributed by atoms with Crippen molar-refractivity contribution in [3.63, 3.8) is 0 Å². The van der Waals surface area contributed by atoms with Gasteiger partial charge in [-0.25, -0.2) is 9.37 Å². The van der Waals surface area contributed by atoms with Crippen LogP contribution in [0.3, 0.4) is 0 Å². The second kappa shape index (κ2) is 9.24. The van der Waals surface area contributed by atoms with Crippen LogP contribution in [0, 0.1) is 11.2 Å². The third-order valence-corrected chi connectivity index (χ3v) is 6.02. The third kappa shape index (κ3) is 4.63. The van der Waals surface area contributed by atoms with Crippen molar-refractivity contribution in [3.05, 3.63) is 57.5 Å². The van der Waals surface area contributed by atoms with Crippen molar-refractivity contribution in [1.82, 2.24) is 24.7 Å². The third-order valence-electron chi connectivity index (χ3n) is 6.02. The van der Waals surface area contributed by atoms with Crippen LogP contribution < -0.4 is 10.9 Å². The molecule has 0 aliphatic carbocycles. The van der Waals surface area contributed by atoms with E-state index in [9.17, 15) is 28.7 Å². The number of likely N-dealkylation sites (N-methyl/N-ethyl adjacent to an activating group) is 2. The van der Waals surface area contributed by atoms with Crippen molar-refractivity contribution in [3.8, 4) is 5.75 Å². The zero-order valence-electron chi connectivity index (χ0n) is 19.8. The predicted octanol–water partition coefficient (Wildman–Crippen LogP) is 1.04. The average molecular weight is 474 g/mol. The Bertz CT molecular complexity index is 1190. The second-order valence-electron chi connectivity index (χ2n) is 9.19. The van der Waals surface area contributed by atoms with Gasteiger partial charge in [0.25, 0.3) is 11.5 Å². The highest BCUT2D eigenvalue weighted by Crippen LogP contribution is 2.43. The largest absolute Gasteiger partial charge is 0.501 e. The van der Waals surface area contributed by atoms with Crippen molar-refractivity contribution in [2.45, 2.75) is 39.4 Å². The van der Waals surface area contributed by atoms with E-state index < -0.39 is 52.0 Å². The molecule has 0 saturated carbocycles. The van der Waals surface area contributed by atoms with Gasteiger partial charge in [-0.05, 0) is 29.5 Å². The number of carbonyl (C=O) groups excluding carboxylic acids is 3. The first-order chi connectivity index (χ1) is 15.8. The summed E-state index contributed by atoms with van der Waals surface area (Å²) in [4.78, 5) is 57.5. The maximum Gasteiger partial charge on any atom is 0.312 e. The van der Waals surface area contributed by atoms with Gasteiger partial charge in [0.15, 0.2) is 5.69 Å². The molecule has 2 N–H and O–H groups in total. The molecule has 0 bridgehead atoms. The molecule has 0 saturated heterocycles. The smallest absolute Gasteiger partial charge is 0.312 e. The predicted molar refractivity (Wildman–Crippen MR) is 120 cm³/mol. The highest BCUT2D eigenvalue weighted by atomic mass is 19.1. The van der Waals surface area contributed by atoms with Crippen molar-refractivity contribution >= 4 is 17.7 Å². The molecule has 1 atom stereocenters. The Morgan fingerprint density at radius 2 is 1.79 bits per heavy atom. The molecule has 0 radical (unpaired) electrons. The molecule has 11 heteroatoms. The van der Waals surface area contributed by atoms with Gasteiger partial charge in [-0.3, -0.25) is 23.7 Å². The molecule has 2 aromatic rings. The lowest BCUT2D eigenvalue weighted by Crippen LogP contribution is -2.50. The van der Waals surface area contributed by atoms with Crippen molar-refractivity contribution in [2.75, 3.05) is 21.1 Å². The van der Waals surface area contributed by atoms with Crippen LogP contribution in [0.4, 0.5) is 4.39 Å². The Balaban J connectivity index is 2.00. The molecule has 0 spiro atoms. The lowest BCUT2D eigenvalue weighted by Gasteiger charge is -2.44. The van der Waals surface area contributed by atoms with Crippen LogP contribution in [0.5, 0.6) is 5.75 Å². The van der Waals surface area contributed by atoms with Gasteiger partial charge in [0.05, 0.1) is 6.04 Å². The summed E-state index contributed by atoms with van der Waals surface area (Å²) in [6.07, 6.45) is 0.468. The Morgan fingerprint density at radius 3 is 2.38 bits per heavy atom. The Labute approximate surface area is 196 Å². The van der Waals surface area contributed by atoms with Crippen LogP contribution >= 0.6 is 0 Å². The number of rotatable bonds is 4. The van der Waals surface area contributed by atoms with Crippen LogP contribution in [0.15, 0.2) is 29.1 Å². The van der Waals surface area contributed by atoms with E-state index in [0.717, 1.165) is 4.90 Å². The maximum atomic E-state index is 13.1. The monoisotopic (exact) mass is 473 g/mol. The molecule has 1 aliphatic heterocycles. The number of halogens is 1. The molecule has 3 rings (SSSR count). The van der Waals surface area contributed by atoms with E-state index in [2.05, 4.69) is 10.3 Å². The number of benzene rings is 1. The fraction of sp³-hybridized carbons (Fsp3) is 0.435. The number of hydrogen-bond acceptors (Lipinski definition) is 6. The highest BCUT2D eigenvalue weighted by molar-refractivity contribution is 6.34. The summed E-state index contributed by atoms with van der Waals surface area (Å²) in [6, 6.07) is 4.67. The fourth-order valence-electron chi connectivity index (χ4n) is 4.06. The summed E-state index contributed by atoms with van der Waals surface area (Å²) in [5.41, 5.74) is -1.27. The Morgan fingerprint density at radius 1 is 1.18 bits per heavy atom. The SMILES string of the molecule is CN(C)C(=O)C(=O)N(C)C1c2nc(C(=O)NCc3ccc(F)cc3)c(O)c(=O)n2CCC1(C)C. The number of amides is 3. The minimum Gasteiger partial charge on any atom is -0.501 e. The van der Waals surface area contributed by atoms with Gasteiger partial charge in [-0.15, -0.1) is 0 Å². The van der Waals surface area contributed by atoms with Gasteiger partial charge in [0.1, 0.15) is 11.6 Å². The Hall–Kier alpha value is -3.76. The van der Waals surface area contributed by atoms with Crippen LogP contribution in [-0.4, -0.2) is 63.3 Å². The van der Waals surface area contributed by atoms with E-state index in [4.69, 9.17) is 0 Å².